The first-order chi connectivity index (χ1) is 13.5. The fourth-order valence-corrected chi connectivity index (χ4v) is 3.20. The molecule has 0 aliphatic carbocycles. The maximum absolute atomic E-state index is 13.0. The van der Waals surface area contributed by atoms with Crippen molar-refractivity contribution in [3.05, 3.63) is 69.3 Å². The van der Waals surface area contributed by atoms with Crippen LogP contribution in [0.1, 0.15) is 30.9 Å². The van der Waals surface area contributed by atoms with Crippen molar-refractivity contribution in [2.24, 2.45) is 0 Å². The van der Waals surface area contributed by atoms with Crippen molar-refractivity contribution in [1.29, 1.82) is 0 Å². The second-order valence-electron chi connectivity index (χ2n) is 6.70. The highest BCUT2D eigenvalue weighted by Gasteiger charge is 2.41. The van der Waals surface area contributed by atoms with Gasteiger partial charge in [0.1, 0.15) is 10.7 Å². The number of amides is 2. The Morgan fingerprint density at radius 2 is 1.59 bits per heavy atom. The molecule has 2 aromatic rings. The molecule has 0 saturated carbocycles. The van der Waals surface area contributed by atoms with Crippen LogP contribution in [0.5, 0.6) is 0 Å². The molecule has 9 heteroatoms. The van der Waals surface area contributed by atoms with Crippen LogP contribution in [0, 0.1) is 0 Å². The van der Waals surface area contributed by atoms with Gasteiger partial charge in [0, 0.05) is 5.69 Å². The zero-order valence-electron chi connectivity index (χ0n) is 15.3. The topological polar surface area (TPSA) is 49.4 Å². The smallest absolute Gasteiger partial charge is 0.350 e. The van der Waals surface area contributed by atoms with Crippen LogP contribution in [-0.2, 0) is 15.8 Å². The van der Waals surface area contributed by atoms with Gasteiger partial charge in [-0.3, -0.25) is 9.59 Å². The second-order valence-corrected chi connectivity index (χ2v) is 7.49. The van der Waals surface area contributed by atoms with Gasteiger partial charge in [0.25, 0.3) is 11.8 Å². The van der Waals surface area contributed by atoms with Gasteiger partial charge in [-0.15, -0.1) is 0 Å². The molecule has 0 bridgehead atoms. The summed E-state index contributed by atoms with van der Waals surface area (Å²) >= 11 is 12.0. The van der Waals surface area contributed by atoms with E-state index in [9.17, 15) is 22.8 Å². The number of carbonyl (C=O) groups excluding carboxylic acids is 2. The molecule has 4 nitrogen and oxygen atoms in total. The number of nitrogens with zero attached hydrogens (tertiary/aromatic N) is 1. The maximum Gasteiger partial charge on any atom is 0.416 e. The van der Waals surface area contributed by atoms with Gasteiger partial charge in [0.15, 0.2) is 0 Å². The Labute approximate surface area is 174 Å². The van der Waals surface area contributed by atoms with E-state index in [-0.39, 0.29) is 16.4 Å². The molecule has 0 atom stereocenters. The van der Waals surface area contributed by atoms with Crippen molar-refractivity contribution >= 4 is 46.4 Å². The van der Waals surface area contributed by atoms with Gasteiger partial charge in [-0.05, 0) is 41.8 Å². The van der Waals surface area contributed by atoms with Crippen molar-refractivity contribution in [3.8, 4) is 0 Å². The van der Waals surface area contributed by atoms with Crippen molar-refractivity contribution in [2.75, 3.05) is 10.2 Å². The van der Waals surface area contributed by atoms with Gasteiger partial charge < -0.3 is 5.32 Å². The monoisotopic (exact) mass is 442 g/mol. The van der Waals surface area contributed by atoms with E-state index in [0.29, 0.717) is 22.6 Å². The predicted molar refractivity (Wildman–Crippen MR) is 106 cm³/mol. The number of alkyl halides is 3. The molecule has 1 N–H and O–H groups in total. The molecule has 152 valence electrons. The van der Waals surface area contributed by atoms with E-state index in [0.717, 1.165) is 17.7 Å². The number of nitrogens with one attached hydrogen (secondary N) is 1. The molecule has 1 aliphatic rings. The maximum atomic E-state index is 13.0. The molecule has 0 fully saturated rings. The van der Waals surface area contributed by atoms with Crippen LogP contribution in [0.25, 0.3) is 0 Å². The Kier molecular flexibility index (Phi) is 5.65. The van der Waals surface area contributed by atoms with Gasteiger partial charge in [0.2, 0.25) is 0 Å². The Morgan fingerprint density at radius 1 is 0.966 bits per heavy atom. The fraction of sp³-hybridized carbons (Fsp3) is 0.200. The van der Waals surface area contributed by atoms with Gasteiger partial charge in [-0.2, -0.15) is 13.2 Å². The standard InChI is InChI=1S/C20H15Cl2F3N2O2/c1-10(2)11-3-6-13(7-4-11)26-17-16(22)18(28)27(19(17)29)15-9-12(20(23,24)25)5-8-14(15)21/h3-10,26H,1-2H3. The first-order valence-electron chi connectivity index (χ1n) is 8.53. The highest BCUT2D eigenvalue weighted by Crippen LogP contribution is 2.38. The molecular weight excluding hydrogens is 428 g/mol. The molecule has 0 saturated heterocycles. The first kappa shape index (κ1) is 21.2. The molecule has 0 aromatic heterocycles. The minimum atomic E-state index is -4.67. The zero-order valence-corrected chi connectivity index (χ0v) is 16.8. The average Bonchev–Trinajstić information content (AvgIpc) is 2.85. The summed E-state index contributed by atoms with van der Waals surface area (Å²) in [6, 6.07) is 9.51. The normalized spacial score (nSPS) is 15.0. The van der Waals surface area contributed by atoms with E-state index in [4.69, 9.17) is 23.2 Å². The minimum absolute atomic E-state index is 0.188. The van der Waals surface area contributed by atoms with Crippen LogP contribution in [-0.4, -0.2) is 11.8 Å². The fourth-order valence-electron chi connectivity index (χ4n) is 2.79. The number of hydrogen-bond acceptors (Lipinski definition) is 3. The van der Waals surface area contributed by atoms with Crippen molar-refractivity contribution in [3.63, 3.8) is 0 Å². The van der Waals surface area contributed by atoms with E-state index in [1.54, 1.807) is 12.1 Å². The summed E-state index contributed by atoms with van der Waals surface area (Å²) in [5.74, 6) is -1.55. The largest absolute Gasteiger partial charge is 0.416 e. The van der Waals surface area contributed by atoms with Crippen molar-refractivity contribution < 1.29 is 22.8 Å². The Morgan fingerprint density at radius 3 is 2.14 bits per heavy atom. The third-order valence-electron chi connectivity index (χ3n) is 4.39. The molecule has 0 radical (unpaired) electrons. The summed E-state index contributed by atoms with van der Waals surface area (Å²) in [6.45, 7) is 4.05. The number of benzene rings is 2. The third-order valence-corrected chi connectivity index (χ3v) is 5.06. The van der Waals surface area contributed by atoms with Gasteiger partial charge >= 0.3 is 6.18 Å². The van der Waals surface area contributed by atoms with Crippen molar-refractivity contribution in [2.45, 2.75) is 25.9 Å². The van der Waals surface area contributed by atoms with Gasteiger partial charge in [0.05, 0.1) is 16.3 Å². The molecule has 2 amide bonds. The van der Waals surface area contributed by atoms with Gasteiger partial charge in [-0.1, -0.05) is 49.2 Å². The summed E-state index contributed by atoms with van der Waals surface area (Å²) in [7, 11) is 0. The SMILES string of the molecule is CC(C)c1ccc(NC2=C(Cl)C(=O)N(c3cc(C(F)(F)F)ccc3Cl)C2=O)cc1. The molecule has 1 aliphatic heterocycles. The summed E-state index contributed by atoms with van der Waals surface area (Å²) in [5, 5.41) is 2.15. The van der Waals surface area contributed by atoms with E-state index >= 15 is 0 Å². The number of carbonyl (C=O) groups is 2. The highest BCUT2D eigenvalue weighted by molar-refractivity contribution is 6.53. The van der Waals surface area contributed by atoms with Crippen LogP contribution in [0.2, 0.25) is 5.02 Å². The summed E-state index contributed by atoms with van der Waals surface area (Å²) in [4.78, 5) is 25.8. The first-order valence-corrected chi connectivity index (χ1v) is 9.28. The Bertz CT molecular complexity index is 1020. The summed E-state index contributed by atoms with van der Waals surface area (Å²) in [5.41, 5.74) is -0.0918. The van der Waals surface area contributed by atoms with Crippen LogP contribution < -0.4 is 10.2 Å². The molecule has 3 rings (SSSR count). The van der Waals surface area contributed by atoms with Gasteiger partial charge in [-0.25, -0.2) is 4.90 Å². The molecule has 2 aromatic carbocycles. The lowest BCUT2D eigenvalue weighted by Gasteiger charge is -2.18. The predicted octanol–water partition coefficient (Wildman–Crippen LogP) is 5.92. The zero-order chi connectivity index (χ0) is 21.5. The summed E-state index contributed by atoms with van der Waals surface area (Å²) < 4.78 is 39.1. The molecular formula is C20H15Cl2F3N2O2. The number of anilines is 2. The van der Waals surface area contributed by atoms with Crippen LogP contribution in [0.4, 0.5) is 24.5 Å². The quantitative estimate of drug-likeness (QED) is 0.597. The highest BCUT2D eigenvalue weighted by atomic mass is 35.5. The molecule has 1 heterocycles. The summed E-state index contributed by atoms with van der Waals surface area (Å²) in [6.07, 6.45) is -4.67. The molecule has 29 heavy (non-hydrogen) atoms. The van der Waals surface area contributed by atoms with Crippen molar-refractivity contribution in [1.82, 2.24) is 0 Å². The lowest BCUT2D eigenvalue weighted by molar-refractivity contribution is -0.137. The van der Waals surface area contributed by atoms with E-state index in [1.165, 1.54) is 0 Å². The van der Waals surface area contributed by atoms with Crippen LogP contribution in [0.15, 0.2) is 53.2 Å². The minimum Gasteiger partial charge on any atom is -0.350 e. The lowest BCUT2D eigenvalue weighted by Crippen LogP contribution is -2.32. The number of imide groups is 1. The van der Waals surface area contributed by atoms with E-state index in [2.05, 4.69) is 5.32 Å². The molecule has 0 spiro atoms. The Balaban J connectivity index is 1.93. The Hall–Kier alpha value is -2.51. The lowest BCUT2D eigenvalue weighted by atomic mass is 10.0. The van der Waals surface area contributed by atoms with E-state index in [1.807, 2.05) is 26.0 Å². The number of rotatable bonds is 4. The molecule has 0 unspecified atom stereocenters. The number of halogens is 5. The third kappa shape index (κ3) is 4.11. The van der Waals surface area contributed by atoms with Crippen LogP contribution >= 0.6 is 23.2 Å². The van der Waals surface area contributed by atoms with E-state index < -0.39 is 28.6 Å². The van der Waals surface area contributed by atoms with Crippen LogP contribution in [0.3, 0.4) is 0 Å². The second kappa shape index (κ2) is 7.72. The number of hydrogen-bond donors (Lipinski definition) is 1. The average molecular weight is 443 g/mol.